The van der Waals surface area contributed by atoms with Gasteiger partial charge in [-0.3, -0.25) is 28.9 Å². The summed E-state index contributed by atoms with van der Waals surface area (Å²) >= 11 is 14.8. The SMILES string of the molecule is O=C(O)CCCCCN1C(=O)C2CC=C3C(CC4(Cl)C(=O)N(c5ccc(F)cc5)C(=O)C4(Cl)C3c3ccc(OCc4ccccc4)cc3O)C2C1=O. The van der Waals surface area contributed by atoms with Gasteiger partial charge in [-0.1, -0.05) is 54.5 Å². The number of benzene rings is 3. The van der Waals surface area contributed by atoms with E-state index < -0.39 is 62.9 Å². The lowest BCUT2D eigenvalue weighted by Gasteiger charge is -2.50. The second-order valence-electron chi connectivity index (χ2n) is 13.8. The van der Waals surface area contributed by atoms with Gasteiger partial charge in [-0.05, 0) is 67.5 Å². The number of ether oxygens (including phenoxy) is 1. The first-order chi connectivity index (χ1) is 24.9. The molecule has 10 nitrogen and oxygen atoms in total. The molecule has 0 spiro atoms. The van der Waals surface area contributed by atoms with Crippen molar-refractivity contribution in [2.75, 3.05) is 11.4 Å². The Morgan fingerprint density at radius 3 is 2.33 bits per heavy atom. The molecular weight excluding hydrogens is 714 g/mol. The number of unbranched alkanes of at least 4 members (excludes halogenated alkanes) is 2. The van der Waals surface area contributed by atoms with E-state index in [-0.39, 0.29) is 55.3 Å². The molecule has 2 saturated heterocycles. The minimum absolute atomic E-state index is 0.0173. The average molecular weight is 750 g/mol. The average Bonchev–Trinajstić information content (AvgIpc) is 3.45. The number of hydrogen-bond donors (Lipinski definition) is 2. The number of carboxylic acid groups (broad SMARTS) is 1. The van der Waals surface area contributed by atoms with Gasteiger partial charge >= 0.3 is 5.97 Å². The molecule has 3 aromatic rings. The number of anilines is 1. The summed E-state index contributed by atoms with van der Waals surface area (Å²) in [6, 6.07) is 18.7. The van der Waals surface area contributed by atoms with Crippen LogP contribution < -0.4 is 9.64 Å². The third kappa shape index (κ3) is 5.74. The Hall–Kier alpha value is -4.74. The third-order valence-electron chi connectivity index (χ3n) is 10.8. The summed E-state index contributed by atoms with van der Waals surface area (Å²) in [5.41, 5.74) is 1.63. The predicted molar refractivity (Wildman–Crippen MR) is 188 cm³/mol. The number of aliphatic carboxylic acids is 1. The van der Waals surface area contributed by atoms with Crippen molar-refractivity contribution in [1.29, 1.82) is 0 Å². The minimum atomic E-state index is -2.20. The molecule has 2 aliphatic heterocycles. The molecule has 4 amide bonds. The molecule has 4 aliphatic rings. The lowest BCUT2D eigenvalue weighted by molar-refractivity contribution is -0.141. The van der Waals surface area contributed by atoms with Crippen molar-refractivity contribution in [3.63, 3.8) is 0 Å². The number of nitrogens with zero attached hydrogens (tertiary/aromatic N) is 2. The molecule has 3 aromatic carbocycles. The molecule has 6 atom stereocenters. The summed E-state index contributed by atoms with van der Waals surface area (Å²) in [6.45, 7) is 0.331. The Labute approximate surface area is 308 Å². The van der Waals surface area contributed by atoms with Crippen LogP contribution in [0.15, 0.2) is 84.4 Å². The monoisotopic (exact) mass is 748 g/mol. The van der Waals surface area contributed by atoms with Crippen LogP contribution in [0.1, 0.15) is 55.6 Å². The quantitative estimate of drug-likeness (QED) is 0.101. The lowest BCUT2D eigenvalue weighted by Crippen LogP contribution is -2.60. The van der Waals surface area contributed by atoms with Gasteiger partial charge in [-0.25, -0.2) is 9.29 Å². The van der Waals surface area contributed by atoms with Crippen LogP contribution >= 0.6 is 23.2 Å². The fourth-order valence-corrected chi connectivity index (χ4v) is 9.28. The minimum Gasteiger partial charge on any atom is -0.508 e. The van der Waals surface area contributed by atoms with E-state index in [0.717, 1.165) is 22.6 Å². The van der Waals surface area contributed by atoms with E-state index in [1.54, 1.807) is 18.2 Å². The van der Waals surface area contributed by atoms with Gasteiger partial charge in [0.1, 0.15) is 23.9 Å². The van der Waals surface area contributed by atoms with Crippen LogP contribution in [0.2, 0.25) is 0 Å². The molecule has 3 fully saturated rings. The van der Waals surface area contributed by atoms with Gasteiger partial charge in [-0.2, -0.15) is 0 Å². The van der Waals surface area contributed by atoms with E-state index in [1.165, 1.54) is 23.1 Å². The lowest BCUT2D eigenvalue weighted by atomic mass is 9.56. The number of fused-ring (bicyclic) bond motifs is 4. The van der Waals surface area contributed by atoms with Gasteiger partial charge in [0.05, 0.1) is 17.5 Å². The molecule has 0 bridgehead atoms. The number of likely N-dealkylation sites (tertiary alicyclic amines) is 1. The van der Waals surface area contributed by atoms with E-state index in [9.17, 15) is 33.5 Å². The Kier molecular flexibility index (Phi) is 9.37. The highest BCUT2D eigenvalue weighted by molar-refractivity contribution is 6.58. The Bertz CT molecular complexity index is 1990. The van der Waals surface area contributed by atoms with Crippen molar-refractivity contribution >= 4 is 58.5 Å². The fourth-order valence-electron chi connectivity index (χ4n) is 8.35. The zero-order valence-electron chi connectivity index (χ0n) is 27.8. The number of halogens is 3. The zero-order chi connectivity index (χ0) is 36.9. The molecule has 2 aliphatic carbocycles. The van der Waals surface area contributed by atoms with Gasteiger partial charge in [0.2, 0.25) is 11.8 Å². The number of amides is 4. The second kappa shape index (κ2) is 13.7. The molecule has 6 unspecified atom stereocenters. The van der Waals surface area contributed by atoms with E-state index in [4.69, 9.17) is 33.0 Å². The number of hydrogen-bond acceptors (Lipinski definition) is 7. The number of imide groups is 2. The Morgan fingerprint density at radius 1 is 0.904 bits per heavy atom. The number of phenolic OH excluding ortho intramolecular Hbond substituents is 1. The van der Waals surface area contributed by atoms with Crippen LogP contribution in [0.25, 0.3) is 0 Å². The summed E-state index contributed by atoms with van der Waals surface area (Å²) in [5.74, 6) is -7.68. The molecule has 7 rings (SSSR count). The number of carbonyl (C=O) groups is 5. The third-order valence-corrected chi connectivity index (χ3v) is 12.2. The summed E-state index contributed by atoms with van der Waals surface area (Å²) < 4.78 is 19.8. The van der Waals surface area contributed by atoms with Gasteiger partial charge in [0, 0.05) is 30.5 Å². The first-order valence-corrected chi connectivity index (χ1v) is 17.9. The highest BCUT2D eigenvalue weighted by Gasteiger charge is 2.76. The summed E-state index contributed by atoms with van der Waals surface area (Å²) in [7, 11) is 0. The number of alkyl halides is 2. The Morgan fingerprint density at radius 2 is 1.63 bits per heavy atom. The summed E-state index contributed by atoms with van der Waals surface area (Å²) in [5, 5.41) is 20.5. The molecular formula is C39H35Cl2FN2O8. The fraction of sp³-hybridized carbons (Fsp3) is 0.359. The number of carboxylic acids is 1. The van der Waals surface area contributed by atoms with Crippen LogP contribution in [0.4, 0.5) is 10.1 Å². The van der Waals surface area contributed by atoms with E-state index in [0.29, 0.717) is 30.6 Å². The van der Waals surface area contributed by atoms with Crippen molar-refractivity contribution in [2.45, 2.75) is 60.8 Å². The number of allylic oxidation sites excluding steroid dienone is 2. The molecule has 52 heavy (non-hydrogen) atoms. The highest BCUT2D eigenvalue weighted by atomic mass is 35.5. The summed E-state index contributed by atoms with van der Waals surface area (Å²) in [6.07, 6.45) is 2.99. The smallest absolute Gasteiger partial charge is 0.303 e. The molecule has 1 saturated carbocycles. The topological polar surface area (TPSA) is 142 Å². The number of carbonyl (C=O) groups excluding carboxylic acids is 4. The predicted octanol–water partition coefficient (Wildman–Crippen LogP) is 6.32. The van der Waals surface area contributed by atoms with Crippen molar-refractivity contribution < 1.29 is 43.3 Å². The highest BCUT2D eigenvalue weighted by Crippen LogP contribution is 2.66. The van der Waals surface area contributed by atoms with Crippen molar-refractivity contribution in [2.24, 2.45) is 17.8 Å². The van der Waals surface area contributed by atoms with Crippen LogP contribution in [0.3, 0.4) is 0 Å². The first kappa shape index (κ1) is 35.7. The second-order valence-corrected chi connectivity index (χ2v) is 15.0. The molecule has 2 heterocycles. The maximum Gasteiger partial charge on any atom is 0.303 e. The zero-order valence-corrected chi connectivity index (χ0v) is 29.4. The standard InChI is InChI=1S/C39H35Cl2FN2O8/c40-38-20-29-26(16-17-28-32(29)35(49)43(34(28)48)18-6-2-5-9-31(46)47)33(27-15-14-25(19-30(27)45)52-21-22-7-3-1-4-8-22)39(38,41)37(51)44(36(38)50)24-12-10-23(42)11-13-24/h1,3-4,7-8,10-16,19,28-29,32-33,45H,2,5-6,9,17-18,20-21H2,(H,46,47). The van der Waals surface area contributed by atoms with Gasteiger partial charge < -0.3 is 14.9 Å². The Balaban J connectivity index is 1.27. The normalized spacial score (nSPS) is 28.0. The van der Waals surface area contributed by atoms with Crippen LogP contribution in [0.5, 0.6) is 11.5 Å². The number of rotatable bonds is 11. The van der Waals surface area contributed by atoms with Gasteiger partial charge in [0.15, 0.2) is 9.75 Å². The maximum atomic E-state index is 14.6. The van der Waals surface area contributed by atoms with Gasteiger partial charge in [0.25, 0.3) is 11.8 Å². The van der Waals surface area contributed by atoms with E-state index in [1.807, 2.05) is 30.3 Å². The van der Waals surface area contributed by atoms with Crippen molar-refractivity contribution in [3.05, 3.63) is 101 Å². The van der Waals surface area contributed by atoms with Crippen LogP contribution in [0, 0.1) is 23.6 Å². The molecule has 2 N–H and O–H groups in total. The summed E-state index contributed by atoms with van der Waals surface area (Å²) in [4.78, 5) is 65.4. The van der Waals surface area contributed by atoms with Crippen molar-refractivity contribution in [1.82, 2.24) is 4.90 Å². The maximum absolute atomic E-state index is 14.6. The van der Waals surface area contributed by atoms with Gasteiger partial charge in [-0.15, -0.1) is 23.2 Å². The molecule has 0 radical (unpaired) electrons. The van der Waals surface area contributed by atoms with E-state index in [2.05, 4.69) is 0 Å². The number of aromatic hydroxyl groups is 1. The number of phenols is 1. The molecule has 13 heteroatoms. The first-order valence-electron chi connectivity index (χ1n) is 17.2. The van der Waals surface area contributed by atoms with E-state index >= 15 is 0 Å². The van der Waals surface area contributed by atoms with Crippen LogP contribution in [-0.2, 0) is 30.6 Å². The molecule has 0 aromatic heterocycles. The van der Waals surface area contributed by atoms with Crippen molar-refractivity contribution in [3.8, 4) is 11.5 Å². The van der Waals surface area contributed by atoms with Crippen LogP contribution in [-0.4, -0.2) is 61.0 Å². The largest absolute Gasteiger partial charge is 0.508 e. The molecule has 270 valence electrons.